The van der Waals surface area contributed by atoms with Gasteiger partial charge in [0.25, 0.3) is 0 Å². The lowest BCUT2D eigenvalue weighted by Crippen LogP contribution is -2.18. The molecule has 0 aliphatic carbocycles. The average molecular weight is 351 g/mol. The van der Waals surface area contributed by atoms with E-state index in [1.54, 1.807) is 12.1 Å². The first-order chi connectivity index (χ1) is 12.2. The van der Waals surface area contributed by atoms with Gasteiger partial charge in [0.05, 0.1) is 17.1 Å². The highest BCUT2D eigenvalue weighted by molar-refractivity contribution is 8.14. The van der Waals surface area contributed by atoms with E-state index in [0.29, 0.717) is 10.9 Å². The van der Waals surface area contributed by atoms with Gasteiger partial charge in [0, 0.05) is 11.1 Å². The van der Waals surface area contributed by atoms with E-state index < -0.39 is 0 Å². The summed E-state index contributed by atoms with van der Waals surface area (Å²) in [6.07, 6.45) is 0. The topological polar surface area (TPSA) is 53.5 Å². The minimum atomic E-state index is -0.381. The van der Waals surface area contributed by atoms with Crippen LogP contribution in [-0.4, -0.2) is 16.8 Å². The third kappa shape index (κ3) is 3.34. The molecule has 1 heterocycles. The van der Waals surface area contributed by atoms with E-state index >= 15 is 0 Å². The van der Waals surface area contributed by atoms with Gasteiger partial charge in [-0.05, 0) is 35.7 Å². The maximum Gasteiger partial charge on any atom is 0.234 e. The Balaban J connectivity index is 1.46. The van der Waals surface area contributed by atoms with Crippen molar-refractivity contribution < 1.29 is 9.18 Å². The lowest BCUT2D eigenvalue weighted by Gasteiger charge is -2.18. The summed E-state index contributed by atoms with van der Waals surface area (Å²) >= 11 is 1.31. The van der Waals surface area contributed by atoms with Gasteiger partial charge in [0.15, 0.2) is 5.17 Å². The number of amidine groups is 1. The molecule has 0 bridgehead atoms. The molecule has 1 aliphatic rings. The van der Waals surface area contributed by atoms with Crippen LogP contribution in [0.25, 0.3) is 10.8 Å². The number of nitrogens with one attached hydrogen (secondary N) is 2. The first-order valence-electron chi connectivity index (χ1n) is 7.75. The van der Waals surface area contributed by atoms with E-state index in [0.717, 1.165) is 22.1 Å². The monoisotopic (exact) mass is 351 g/mol. The minimum Gasteiger partial charge on any atom is -0.334 e. The summed E-state index contributed by atoms with van der Waals surface area (Å²) in [6, 6.07) is 17.8. The van der Waals surface area contributed by atoms with E-state index in [1.807, 2.05) is 36.4 Å². The van der Waals surface area contributed by atoms with Crippen LogP contribution in [0.5, 0.6) is 0 Å². The zero-order valence-electron chi connectivity index (χ0n) is 13.1. The van der Waals surface area contributed by atoms with Crippen LogP contribution < -0.4 is 10.6 Å². The Morgan fingerprint density at radius 2 is 1.92 bits per heavy atom. The Morgan fingerprint density at radius 1 is 1.12 bits per heavy atom. The van der Waals surface area contributed by atoms with Crippen molar-refractivity contribution in [1.82, 2.24) is 0 Å². The van der Waals surface area contributed by atoms with Gasteiger partial charge in [-0.2, -0.15) is 0 Å². The Kier molecular flexibility index (Phi) is 4.11. The number of nitrogens with zero attached hydrogens (tertiary/aromatic N) is 1. The van der Waals surface area contributed by atoms with Gasteiger partial charge in [-0.15, -0.1) is 0 Å². The van der Waals surface area contributed by atoms with Crippen LogP contribution in [-0.2, 0) is 4.79 Å². The van der Waals surface area contributed by atoms with Crippen LogP contribution in [0.4, 0.5) is 21.5 Å². The van der Waals surface area contributed by atoms with Crippen LogP contribution in [0.2, 0.25) is 0 Å². The maximum atomic E-state index is 13.2. The van der Waals surface area contributed by atoms with Crippen molar-refractivity contribution in [2.45, 2.75) is 0 Å². The standard InChI is InChI=1S/C19H14FN3OS/c20-13-6-3-7-14(10-13)21-17(24)11-25-19-22-15-8-1-4-12-5-2-9-16(23-19)18(12)15/h1-10H,11H2,(H,21,24)(H,22,23). The second kappa shape index (κ2) is 6.57. The van der Waals surface area contributed by atoms with Gasteiger partial charge in [-0.1, -0.05) is 42.1 Å². The second-order valence-electron chi connectivity index (χ2n) is 5.57. The number of aliphatic imine (C=N–C) groups is 1. The molecule has 0 fully saturated rings. The van der Waals surface area contributed by atoms with Crippen LogP contribution >= 0.6 is 11.8 Å². The van der Waals surface area contributed by atoms with Gasteiger partial charge in [0.2, 0.25) is 5.91 Å². The molecule has 0 unspecified atom stereocenters. The molecular formula is C19H14FN3OS. The third-order valence-electron chi connectivity index (χ3n) is 3.79. The van der Waals surface area contributed by atoms with Gasteiger partial charge in [-0.25, -0.2) is 9.38 Å². The number of carbonyl (C=O) groups is 1. The molecule has 0 saturated carbocycles. The molecule has 4 rings (SSSR count). The average Bonchev–Trinajstić information content (AvgIpc) is 2.60. The highest BCUT2D eigenvalue weighted by Crippen LogP contribution is 2.36. The van der Waals surface area contributed by atoms with Crippen LogP contribution in [0.15, 0.2) is 65.7 Å². The molecule has 0 aromatic heterocycles. The third-order valence-corrected chi connectivity index (χ3v) is 4.67. The smallest absolute Gasteiger partial charge is 0.234 e. The fraction of sp³-hybridized carbons (Fsp3) is 0.0526. The van der Waals surface area contributed by atoms with Crippen molar-refractivity contribution >= 4 is 50.7 Å². The van der Waals surface area contributed by atoms with E-state index in [9.17, 15) is 9.18 Å². The predicted octanol–water partition coefficient (Wildman–Crippen LogP) is 4.76. The molecule has 0 radical (unpaired) electrons. The zero-order chi connectivity index (χ0) is 17.2. The Labute approximate surface area is 148 Å². The number of rotatable bonds is 3. The summed E-state index contributed by atoms with van der Waals surface area (Å²) in [5.74, 6) is -0.411. The maximum absolute atomic E-state index is 13.2. The van der Waals surface area contributed by atoms with Crippen LogP contribution in [0.3, 0.4) is 0 Å². The predicted molar refractivity (Wildman–Crippen MR) is 102 cm³/mol. The molecule has 0 atom stereocenters. The van der Waals surface area contributed by atoms with Crippen LogP contribution in [0, 0.1) is 5.82 Å². The molecular weight excluding hydrogens is 337 g/mol. The van der Waals surface area contributed by atoms with Gasteiger partial charge in [-0.3, -0.25) is 4.79 Å². The number of amides is 1. The van der Waals surface area contributed by atoms with Gasteiger partial charge in [0.1, 0.15) is 5.82 Å². The van der Waals surface area contributed by atoms with E-state index in [2.05, 4.69) is 15.6 Å². The van der Waals surface area contributed by atoms with Crippen molar-refractivity contribution in [3.8, 4) is 0 Å². The number of anilines is 2. The summed E-state index contributed by atoms with van der Waals surface area (Å²) in [6.45, 7) is 0. The summed E-state index contributed by atoms with van der Waals surface area (Å²) in [4.78, 5) is 16.7. The van der Waals surface area contributed by atoms with Crippen molar-refractivity contribution in [1.29, 1.82) is 0 Å². The molecule has 124 valence electrons. The van der Waals surface area contributed by atoms with Crippen molar-refractivity contribution in [2.75, 3.05) is 16.4 Å². The lowest BCUT2D eigenvalue weighted by molar-refractivity contribution is -0.113. The highest BCUT2D eigenvalue weighted by Gasteiger charge is 2.15. The molecule has 0 saturated heterocycles. The molecule has 3 aromatic carbocycles. The number of halogens is 1. The Hall–Kier alpha value is -2.86. The number of thioether (sulfide) groups is 1. The fourth-order valence-electron chi connectivity index (χ4n) is 2.74. The molecule has 25 heavy (non-hydrogen) atoms. The van der Waals surface area contributed by atoms with Crippen molar-refractivity contribution in [3.63, 3.8) is 0 Å². The zero-order valence-corrected chi connectivity index (χ0v) is 13.9. The summed E-state index contributed by atoms with van der Waals surface area (Å²) < 4.78 is 13.2. The minimum absolute atomic E-state index is 0.181. The SMILES string of the molecule is O=C(CSC1=Nc2cccc3cccc(c23)N1)Nc1cccc(F)c1. The molecule has 1 amide bonds. The quantitative estimate of drug-likeness (QED) is 0.715. The number of hydrogen-bond acceptors (Lipinski definition) is 4. The highest BCUT2D eigenvalue weighted by atomic mass is 32.2. The van der Waals surface area contributed by atoms with E-state index in [-0.39, 0.29) is 17.5 Å². The van der Waals surface area contributed by atoms with Crippen LogP contribution in [0.1, 0.15) is 0 Å². The molecule has 4 nitrogen and oxygen atoms in total. The Morgan fingerprint density at radius 3 is 2.76 bits per heavy atom. The van der Waals surface area contributed by atoms with E-state index in [1.165, 1.54) is 23.9 Å². The summed E-state index contributed by atoms with van der Waals surface area (Å²) in [5.41, 5.74) is 2.32. The first-order valence-corrected chi connectivity index (χ1v) is 8.73. The molecule has 6 heteroatoms. The van der Waals surface area contributed by atoms with Gasteiger partial charge >= 0.3 is 0 Å². The van der Waals surface area contributed by atoms with Crippen molar-refractivity contribution in [2.24, 2.45) is 4.99 Å². The number of carbonyl (C=O) groups excluding carboxylic acids is 1. The normalized spacial score (nSPS) is 12.4. The largest absolute Gasteiger partial charge is 0.334 e. The van der Waals surface area contributed by atoms with E-state index in [4.69, 9.17) is 0 Å². The summed E-state index contributed by atoms with van der Waals surface area (Å²) in [7, 11) is 0. The van der Waals surface area contributed by atoms with Crippen molar-refractivity contribution in [3.05, 3.63) is 66.5 Å². The number of benzene rings is 3. The summed E-state index contributed by atoms with van der Waals surface area (Å²) in [5, 5.41) is 8.81. The Bertz CT molecular complexity index is 998. The second-order valence-corrected chi connectivity index (χ2v) is 6.53. The molecule has 3 aromatic rings. The molecule has 2 N–H and O–H groups in total. The number of hydrogen-bond donors (Lipinski definition) is 2. The molecule has 1 aliphatic heterocycles. The lowest BCUT2D eigenvalue weighted by atomic mass is 10.1. The fourth-order valence-corrected chi connectivity index (χ4v) is 3.42. The molecule has 0 spiro atoms. The first kappa shape index (κ1) is 15.7. The van der Waals surface area contributed by atoms with Gasteiger partial charge < -0.3 is 10.6 Å².